The number of hydrogen-bond donors (Lipinski definition) is 1. The average Bonchev–Trinajstić information content (AvgIpc) is 3.13. The summed E-state index contributed by atoms with van der Waals surface area (Å²) in [6.07, 6.45) is 0. The molecule has 0 saturated heterocycles. The van der Waals surface area contributed by atoms with E-state index in [0.717, 1.165) is 23.9 Å². The van der Waals surface area contributed by atoms with E-state index in [-0.39, 0.29) is 16.5 Å². The molecule has 1 aromatic carbocycles. The number of thioether (sulfide) groups is 1. The first-order valence-electron chi connectivity index (χ1n) is 7.26. The van der Waals surface area contributed by atoms with Crippen LogP contribution in [0.4, 0.5) is 8.78 Å². The number of ether oxygens (including phenoxy) is 1. The van der Waals surface area contributed by atoms with Gasteiger partial charge in [0.15, 0.2) is 22.5 Å². The maximum absolute atomic E-state index is 13.8. The lowest BCUT2D eigenvalue weighted by Gasteiger charge is -2.07. The zero-order valence-corrected chi connectivity index (χ0v) is 15.0. The summed E-state index contributed by atoms with van der Waals surface area (Å²) >= 11 is 2.46. The standard InChI is InChI=1S/C17H11F2N3O2S2/c1-24-15-11(18)5-9(6-12(15)19)8-26-17-21-14(13-3-2-4-25-13)10(7-20)16(23)22-17/h2-6H,8H2,1H3,(H,21,22,23). The van der Waals surface area contributed by atoms with Crippen molar-refractivity contribution in [3.63, 3.8) is 0 Å². The molecule has 0 aliphatic carbocycles. The van der Waals surface area contributed by atoms with Gasteiger partial charge in [-0.3, -0.25) is 4.79 Å². The van der Waals surface area contributed by atoms with Crippen LogP contribution in [0.15, 0.2) is 39.6 Å². The Morgan fingerprint density at radius 1 is 1.38 bits per heavy atom. The van der Waals surface area contributed by atoms with Crippen molar-refractivity contribution in [1.29, 1.82) is 5.26 Å². The van der Waals surface area contributed by atoms with Gasteiger partial charge in [-0.05, 0) is 29.1 Å². The summed E-state index contributed by atoms with van der Waals surface area (Å²) in [5, 5.41) is 11.3. The summed E-state index contributed by atoms with van der Waals surface area (Å²) in [5.41, 5.74) is 0.0372. The number of nitriles is 1. The van der Waals surface area contributed by atoms with Crippen molar-refractivity contribution in [1.82, 2.24) is 9.97 Å². The third-order valence-electron chi connectivity index (χ3n) is 3.40. The molecule has 0 saturated carbocycles. The third-order valence-corrected chi connectivity index (χ3v) is 5.22. The number of rotatable bonds is 5. The van der Waals surface area contributed by atoms with Crippen LogP contribution in [0.1, 0.15) is 11.1 Å². The Hall–Kier alpha value is -2.70. The smallest absolute Gasteiger partial charge is 0.270 e. The summed E-state index contributed by atoms with van der Waals surface area (Å²) in [6.45, 7) is 0. The molecule has 26 heavy (non-hydrogen) atoms. The second-order valence-electron chi connectivity index (χ2n) is 5.07. The zero-order chi connectivity index (χ0) is 18.7. The normalized spacial score (nSPS) is 10.5. The third kappa shape index (κ3) is 3.61. The number of aromatic nitrogens is 2. The van der Waals surface area contributed by atoms with Gasteiger partial charge in [-0.2, -0.15) is 5.26 Å². The molecule has 0 radical (unpaired) electrons. The molecular formula is C17H11F2N3O2S2. The van der Waals surface area contributed by atoms with Gasteiger partial charge in [0.1, 0.15) is 17.3 Å². The number of nitrogens with one attached hydrogen (secondary N) is 1. The molecule has 0 unspecified atom stereocenters. The maximum atomic E-state index is 13.8. The fourth-order valence-electron chi connectivity index (χ4n) is 2.26. The zero-order valence-electron chi connectivity index (χ0n) is 13.4. The molecule has 2 heterocycles. The Morgan fingerprint density at radius 2 is 2.12 bits per heavy atom. The van der Waals surface area contributed by atoms with E-state index in [0.29, 0.717) is 16.1 Å². The van der Waals surface area contributed by atoms with Crippen LogP contribution in [0, 0.1) is 23.0 Å². The van der Waals surface area contributed by atoms with Crippen molar-refractivity contribution in [2.75, 3.05) is 7.11 Å². The van der Waals surface area contributed by atoms with Crippen LogP contribution in [-0.4, -0.2) is 17.1 Å². The van der Waals surface area contributed by atoms with Crippen molar-refractivity contribution < 1.29 is 13.5 Å². The van der Waals surface area contributed by atoms with Gasteiger partial charge in [0.05, 0.1) is 12.0 Å². The number of benzene rings is 1. The number of aromatic amines is 1. The summed E-state index contributed by atoms with van der Waals surface area (Å²) in [7, 11) is 1.19. The van der Waals surface area contributed by atoms with E-state index in [1.165, 1.54) is 18.4 Å². The summed E-state index contributed by atoms with van der Waals surface area (Å²) in [6, 6.07) is 7.74. The quantitative estimate of drug-likeness (QED) is 0.526. The van der Waals surface area contributed by atoms with Crippen LogP contribution in [0.5, 0.6) is 5.75 Å². The van der Waals surface area contributed by atoms with E-state index >= 15 is 0 Å². The molecule has 0 amide bonds. The first-order valence-corrected chi connectivity index (χ1v) is 9.13. The Balaban J connectivity index is 1.90. The Morgan fingerprint density at radius 3 is 2.69 bits per heavy atom. The minimum atomic E-state index is -0.802. The monoisotopic (exact) mass is 391 g/mol. The van der Waals surface area contributed by atoms with Crippen LogP contribution >= 0.6 is 23.1 Å². The van der Waals surface area contributed by atoms with Gasteiger partial charge in [-0.15, -0.1) is 11.3 Å². The first kappa shape index (κ1) is 18.1. The minimum absolute atomic E-state index is 0.0710. The molecule has 0 bridgehead atoms. The van der Waals surface area contributed by atoms with Crippen LogP contribution < -0.4 is 10.3 Å². The van der Waals surface area contributed by atoms with E-state index < -0.39 is 22.9 Å². The fraction of sp³-hybridized carbons (Fsp3) is 0.118. The predicted molar refractivity (Wildman–Crippen MR) is 95.4 cm³/mol. The Bertz CT molecular complexity index is 1020. The number of methoxy groups -OCH3 is 1. The highest BCUT2D eigenvalue weighted by Crippen LogP contribution is 2.29. The molecule has 3 aromatic rings. The lowest BCUT2D eigenvalue weighted by molar-refractivity contribution is 0.359. The lowest BCUT2D eigenvalue weighted by atomic mass is 10.2. The molecule has 5 nitrogen and oxygen atoms in total. The topological polar surface area (TPSA) is 78.8 Å². The minimum Gasteiger partial charge on any atom is -0.491 e. The summed E-state index contributed by atoms with van der Waals surface area (Å²) in [4.78, 5) is 19.7. The van der Waals surface area contributed by atoms with Gasteiger partial charge in [0.25, 0.3) is 5.56 Å². The van der Waals surface area contributed by atoms with E-state index in [4.69, 9.17) is 0 Å². The van der Waals surface area contributed by atoms with Crippen LogP contribution in [0.2, 0.25) is 0 Å². The van der Waals surface area contributed by atoms with Gasteiger partial charge in [0.2, 0.25) is 0 Å². The Kier molecular flexibility index (Phi) is 5.35. The SMILES string of the molecule is COc1c(F)cc(CSc2nc(-c3cccs3)c(C#N)c(=O)[nH]2)cc1F. The number of hydrogen-bond acceptors (Lipinski definition) is 6. The van der Waals surface area contributed by atoms with Gasteiger partial charge in [-0.25, -0.2) is 13.8 Å². The van der Waals surface area contributed by atoms with Crippen molar-refractivity contribution in [2.45, 2.75) is 10.9 Å². The number of thiophene rings is 1. The van der Waals surface area contributed by atoms with Crippen molar-refractivity contribution >= 4 is 23.1 Å². The lowest BCUT2D eigenvalue weighted by Crippen LogP contribution is -2.14. The van der Waals surface area contributed by atoms with E-state index in [1.807, 2.05) is 11.4 Å². The van der Waals surface area contributed by atoms with Gasteiger partial charge in [-0.1, -0.05) is 17.8 Å². The van der Waals surface area contributed by atoms with Gasteiger partial charge >= 0.3 is 0 Å². The fourth-order valence-corrected chi connectivity index (χ4v) is 3.77. The number of halogens is 2. The Labute approximate surface area is 155 Å². The van der Waals surface area contributed by atoms with E-state index in [1.54, 1.807) is 12.1 Å². The van der Waals surface area contributed by atoms with Crippen LogP contribution in [-0.2, 0) is 5.75 Å². The van der Waals surface area contributed by atoms with Crippen molar-refractivity contribution in [3.8, 4) is 22.4 Å². The molecule has 3 rings (SSSR count). The second kappa shape index (κ2) is 7.68. The largest absolute Gasteiger partial charge is 0.491 e. The molecule has 2 aromatic heterocycles. The molecule has 1 N–H and O–H groups in total. The first-order chi connectivity index (χ1) is 12.5. The van der Waals surface area contributed by atoms with Crippen molar-refractivity contribution in [2.24, 2.45) is 0 Å². The highest BCUT2D eigenvalue weighted by molar-refractivity contribution is 7.98. The predicted octanol–water partition coefficient (Wildman–Crippen LogP) is 3.95. The second-order valence-corrected chi connectivity index (χ2v) is 6.98. The highest BCUT2D eigenvalue weighted by Gasteiger charge is 2.15. The van der Waals surface area contributed by atoms with E-state index in [2.05, 4.69) is 14.7 Å². The molecule has 0 spiro atoms. The van der Waals surface area contributed by atoms with Crippen LogP contribution in [0.3, 0.4) is 0 Å². The number of H-pyrrole nitrogens is 1. The molecule has 132 valence electrons. The molecular weight excluding hydrogens is 380 g/mol. The van der Waals surface area contributed by atoms with Gasteiger partial charge in [0, 0.05) is 5.75 Å². The summed E-state index contributed by atoms with van der Waals surface area (Å²) < 4.78 is 32.2. The van der Waals surface area contributed by atoms with E-state index in [9.17, 15) is 18.8 Å². The van der Waals surface area contributed by atoms with Crippen molar-refractivity contribution in [3.05, 3.63) is 62.8 Å². The van der Waals surface area contributed by atoms with Crippen LogP contribution in [0.25, 0.3) is 10.6 Å². The maximum Gasteiger partial charge on any atom is 0.270 e. The highest BCUT2D eigenvalue weighted by atomic mass is 32.2. The number of nitrogens with zero attached hydrogens (tertiary/aromatic N) is 2. The molecule has 9 heteroatoms. The molecule has 0 fully saturated rings. The molecule has 0 aliphatic heterocycles. The molecule has 0 atom stereocenters. The average molecular weight is 391 g/mol. The van der Waals surface area contributed by atoms with Gasteiger partial charge < -0.3 is 9.72 Å². The summed E-state index contributed by atoms with van der Waals surface area (Å²) in [5.74, 6) is -1.87. The molecule has 0 aliphatic rings.